The van der Waals surface area contributed by atoms with Gasteiger partial charge in [0.1, 0.15) is 12.6 Å². The van der Waals surface area contributed by atoms with Crippen LogP contribution < -0.4 is 5.32 Å². The van der Waals surface area contributed by atoms with Crippen LogP contribution in [-0.2, 0) is 19.2 Å². The molecule has 0 aliphatic carbocycles. The molecule has 8 heteroatoms. The first-order valence-electron chi connectivity index (χ1n) is 5.94. The number of hydrogen-bond donors (Lipinski definition) is 2. The lowest BCUT2D eigenvalue weighted by Crippen LogP contribution is -2.60. The van der Waals surface area contributed by atoms with Crippen LogP contribution in [0.3, 0.4) is 0 Å². The maximum Gasteiger partial charge on any atom is 0.328 e. The minimum absolute atomic E-state index is 0.0692. The number of piperazine rings is 1. The number of nitrogens with one attached hydrogen (secondary N) is 1. The molecule has 0 aromatic rings. The van der Waals surface area contributed by atoms with E-state index < -0.39 is 23.8 Å². The molecule has 2 atom stereocenters. The SMILES string of the molecule is CN1CC(C(=O)N2CC(=O)NCC2C(=O)O)CC1=O. The number of amides is 3. The van der Waals surface area contributed by atoms with Crippen LogP contribution in [0.1, 0.15) is 6.42 Å². The van der Waals surface area contributed by atoms with Crippen molar-refractivity contribution in [2.45, 2.75) is 12.5 Å². The number of carboxylic acids is 1. The lowest BCUT2D eigenvalue weighted by molar-refractivity contribution is -0.155. The predicted octanol–water partition coefficient (Wildman–Crippen LogP) is -2.12. The zero-order valence-electron chi connectivity index (χ0n) is 10.5. The van der Waals surface area contributed by atoms with Crippen molar-refractivity contribution in [1.82, 2.24) is 15.1 Å². The van der Waals surface area contributed by atoms with Crippen molar-refractivity contribution in [3.8, 4) is 0 Å². The Morgan fingerprint density at radius 1 is 1.37 bits per heavy atom. The fourth-order valence-corrected chi connectivity index (χ4v) is 2.36. The highest BCUT2D eigenvalue weighted by molar-refractivity contribution is 5.95. The molecule has 0 spiro atoms. The van der Waals surface area contributed by atoms with E-state index >= 15 is 0 Å². The molecule has 0 radical (unpaired) electrons. The zero-order chi connectivity index (χ0) is 14.2. The Bertz CT molecular complexity index is 450. The molecule has 2 heterocycles. The minimum atomic E-state index is -1.16. The molecule has 19 heavy (non-hydrogen) atoms. The molecule has 0 bridgehead atoms. The number of aliphatic carboxylic acids is 1. The average Bonchev–Trinajstić information content (AvgIpc) is 2.68. The van der Waals surface area contributed by atoms with E-state index in [1.54, 1.807) is 7.05 Å². The maximum absolute atomic E-state index is 12.3. The summed E-state index contributed by atoms with van der Waals surface area (Å²) in [6.45, 7) is -0.108. The fourth-order valence-electron chi connectivity index (χ4n) is 2.36. The van der Waals surface area contributed by atoms with Gasteiger partial charge < -0.3 is 20.2 Å². The molecule has 0 aromatic heterocycles. The van der Waals surface area contributed by atoms with Gasteiger partial charge in [-0.1, -0.05) is 0 Å². The number of carbonyl (C=O) groups is 4. The van der Waals surface area contributed by atoms with Gasteiger partial charge in [0.05, 0.1) is 5.92 Å². The number of nitrogens with zero attached hydrogens (tertiary/aromatic N) is 2. The summed E-state index contributed by atoms with van der Waals surface area (Å²) < 4.78 is 0. The number of carboxylic acid groups (broad SMARTS) is 1. The third kappa shape index (κ3) is 2.51. The van der Waals surface area contributed by atoms with E-state index in [-0.39, 0.29) is 37.9 Å². The van der Waals surface area contributed by atoms with Gasteiger partial charge in [0, 0.05) is 26.6 Å². The van der Waals surface area contributed by atoms with Crippen molar-refractivity contribution in [3.05, 3.63) is 0 Å². The summed E-state index contributed by atoms with van der Waals surface area (Å²) >= 11 is 0. The molecular formula is C11H15N3O5. The Morgan fingerprint density at radius 3 is 2.58 bits per heavy atom. The monoisotopic (exact) mass is 269 g/mol. The van der Waals surface area contributed by atoms with E-state index in [2.05, 4.69) is 5.32 Å². The molecule has 2 aliphatic heterocycles. The van der Waals surface area contributed by atoms with Crippen molar-refractivity contribution < 1.29 is 24.3 Å². The first-order chi connectivity index (χ1) is 8.90. The van der Waals surface area contributed by atoms with Gasteiger partial charge in [0.15, 0.2) is 0 Å². The molecule has 3 amide bonds. The number of hydrogen-bond acceptors (Lipinski definition) is 4. The van der Waals surface area contributed by atoms with Crippen LogP contribution >= 0.6 is 0 Å². The van der Waals surface area contributed by atoms with Crippen LogP contribution in [0.4, 0.5) is 0 Å². The quantitative estimate of drug-likeness (QED) is 0.596. The average molecular weight is 269 g/mol. The van der Waals surface area contributed by atoms with Gasteiger partial charge in [-0.15, -0.1) is 0 Å². The first-order valence-corrected chi connectivity index (χ1v) is 5.94. The smallest absolute Gasteiger partial charge is 0.328 e. The summed E-state index contributed by atoms with van der Waals surface area (Å²) in [5.74, 6) is -2.70. The third-order valence-electron chi connectivity index (χ3n) is 3.44. The Hall–Kier alpha value is -2.12. The van der Waals surface area contributed by atoms with Crippen molar-refractivity contribution in [3.63, 3.8) is 0 Å². The Labute approximate surface area is 109 Å². The van der Waals surface area contributed by atoms with Crippen LogP contribution in [0.2, 0.25) is 0 Å². The molecule has 8 nitrogen and oxygen atoms in total. The van der Waals surface area contributed by atoms with E-state index in [0.717, 1.165) is 4.90 Å². The highest BCUT2D eigenvalue weighted by Gasteiger charge is 2.41. The highest BCUT2D eigenvalue weighted by Crippen LogP contribution is 2.20. The van der Waals surface area contributed by atoms with Crippen LogP contribution in [0.5, 0.6) is 0 Å². The summed E-state index contributed by atoms with van der Waals surface area (Å²) in [4.78, 5) is 48.6. The molecule has 104 valence electrons. The van der Waals surface area contributed by atoms with Gasteiger partial charge in [-0.2, -0.15) is 0 Å². The molecule has 0 aromatic carbocycles. The van der Waals surface area contributed by atoms with Crippen LogP contribution in [0.25, 0.3) is 0 Å². The summed E-state index contributed by atoms with van der Waals surface area (Å²) in [6, 6.07) is -1.06. The van der Waals surface area contributed by atoms with Gasteiger partial charge >= 0.3 is 5.97 Å². The molecule has 2 saturated heterocycles. The fraction of sp³-hybridized carbons (Fsp3) is 0.636. The molecule has 2 rings (SSSR count). The Kier molecular flexibility index (Phi) is 3.41. The second kappa shape index (κ2) is 4.87. The van der Waals surface area contributed by atoms with Gasteiger partial charge in [-0.05, 0) is 0 Å². The lowest BCUT2D eigenvalue weighted by Gasteiger charge is -2.34. The summed E-state index contributed by atoms with van der Waals surface area (Å²) in [5, 5.41) is 11.5. The molecule has 2 unspecified atom stereocenters. The second-order valence-electron chi connectivity index (χ2n) is 4.80. The standard InChI is InChI=1S/C11H15N3O5/c1-13-4-6(2-9(13)16)10(17)14-5-8(15)12-3-7(14)11(18)19/h6-7H,2-5H2,1H3,(H,12,15)(H,18,19). The molecule has 0 saturated carbocycles. The summed E-state index contributed by atoms with van der Waals surface area (Å²) in [6.07, 6.45) is 0.0692. The normalized spacial score (nSPS) is 27.4. The largest absolute Gasteiger partial charge is 0.480 e. The molecule has 2 fully saturated rings. The van der Waals surface area contributed by atoms with Crippen molar-refractivity contribution in [2.75, 3.05) is 26.7 Å². The molecular weight excluding hydrogens is 254 g/mol. The molecule has 2 aliphatic rings. The predicted molar refractivity (Wildman–Crippen MR) is 61.9 cm³/mol. The number of likely N-dealkylation sites (tertiary alicyclic amines) is 1. The summed E-state index contributed by atoms with van der Waals surface area (Å²) in [7, 11) is 1.59. The topological polar surface area (TPSA) is 107 Å². The maximum atomic E-state index is 12.3. The van der Waals surface area contributed by atoms with Crippen LogP contribution in [0, 0.1) is 5.92 Å². The number of carbonyl (C=O) groups excluding carboxylic acids is 3. The van der Waals surface area contributed by atoms with Crippen LogP contribution in [-0.4, -0.2) is 71.3 Å². The van der Waals surface area contributed by atoms with E-state index in [1.165, 1.54) is 4.90 Å². The first kappa shape index (κ1) is 13.3. The highest BCUT2D eigenvalue weighted by atomic mass is 16.4. The minimum Gasteiger partial charge on any atom is -0.480 e. The van der Waals surface area contributed by atoms with Crippen molar-refractivity contribution >= 4 is 23.7 Å². The summed E-state index contributed by atoms with van der Waals surface area (Å²) in [5.41, 5.74) is 0. The lowest BCUT2D eigenvalue weighted by atomic mass is 10.0. The van der Waals surface area contributed by atoms with E-state index in [1.807, 2.05) is 0 Å². The van der Waals surface area contributed by atoms with Gasteiger partial charge in [0.25, 0.3) is 0 Å². The molecule has 2 N–H and O–H groups in total. The third-order valence-corrected chi connectivity index (χ3v) is 3.44. The van der Waals surface area contributed by atoms with Crippen molar-refractivity contribution in [1.29, 1.82) is 0 Å². The second-order valence-corrected chi connectivity index (χ2v) is 4.80. The van der Waals surface area contributed by atoms with E-state index in [4.69, 9.17) is 5.11 Å². The van der Waals surface area contributed by atoms with Crippen molar-refractivity contribution in [2.24, 2.45) is 5.92 Å². The Morgan fingerprint density at radius 2 is 2.05 bits per heavy atom. The number of rotatable bonds is 2. The van der Waals surface area contributed by atoms with Gasteiger partial charge in [0.2, 0.25) is 17.7 Å². The zero-order valence-corrected chi connectivity index (χ0v) is 10.5. The van der Waals surface area contributed by atoms with Crippen LogP contribution in [0.15, 0.2) is 0 Å². The van der Waals surface area contributed by atoms with E-state index in [9.17, 15) is 19.2 Å². The van der Waals surface area contributed by atoms with E-state index in [0.29, 0.717) is 0 Å². The Balaban J connectivity index is 2.13. The van der Waals surface area contributed by atoms with Gasteiger partial charge in [-0.3, -0.25) is 14.4 Å². The van der Waals surface area contributed by atoms with Gasteiger partial charge in [-0.25, -0.2) is 4.79 Å².